The van der Waals surface area contributed by atoms with Crippen LogP contribution in [0.3, 0.4) is 0 Å². The van der Waals surface area contributed by atoms with Crippen molar-refractivity contribution in [1.29, 1.82) is 0 Å². The quantitative estimate of drug-likeness (QED) is 0.894. The van der Waals surface area contributed by atoms with E-state index in [2.05, 4.69) is 22.3 Å². The van der Waals surface area contributed by atoms with Crippen molar-refractivity contribution >= 4 is 17.3 Å². The average molecular weight is 265 g/mol. The summed E-state index contributed by atoms with van der Waals surface area (Å²) in [5, 5.41) is 4.49. The maximum atomic E-state index is 6.39. The minimum atomic E-state index is 0.732. The van der Waals surface area contributed by atoms with Gasteiger partial charge in [0.1, 0.15) is 0 Å². The van der Waals surface area contributed by atoms with Crippen LogP contribution in [-0.4, -0.2) is 19.1 Å². The Hall–Kier alpha value is -0.730. The van der Waals surface area contributed by atoms with Crippen LogP contribution >= 0.6 is 11.6 Å². The van der Waals surface area contributed by atoms with Crippen molar-refractivity contribution in [3.63, 3.8) is 0 Å². The van der Waals surface area contributed by atoms with Crippen LogP contribution in [0, 0.1) is 0 Å². The molecule has 0 spiro atoms. The van der Waals surface area contributed by atoms with E-state index >= 15 is 0 Å². The molecule has 3 heteroatoms. The summed E-state index contributed by atoms with van der Waals surface area (Å²) < 4.78 is 0. The summed E-state index contributed by atoms with van der Waals surface area (Å²) >= 11 is 6.39. The van der Waals surface area contributed by atoms with Crippen molar-refractivity contribution in [3.05, 3.63) is 28.8 Å². The van der Waals surface area contributed by atoms with Crippen LogP contribution in [0.1, 0.15) is 37.7 Å². The van der Waals surface area contributed by atoms with Gasteiger partial charge in [0, 0.05) is 41.9 Å². The molecule has 0 radical (unpaired) electrons. The molecule has 98 valence electrons. The minimum absolute atomic E-state index is 0.732. The van der Waals surface area contributed by atoms with Gasteiger partial charge in [-0.05, 0) is 44.2 Å². The van der Waals surface area contributed by atoms with Gasteiger partial charge in [-0.3, -0.25) is 0 Å². The van der Waals surface area contributed by atoms with Gasteiger partial charge in [-0.25, -0.2) is 0 Å². The molecule has 1 aliphatic heterocycles. The first kappa shape index (κ1) is 12.3. The predicted octanol–water partition coefficient (Wildman–Crippen LogP) is 3.58. The van der Waals surface area contributed by atoms with E-state index in [9.17, 15) is 0 Å². The van der Waals surface area contributed by atoms with Crippen LogP contribution in [-0.2, 0) is 6.54 Å². The summed E-state index contributed by atoms with van der Waals surface area (Å²) in [7, 11) is 0. The first-order chi connectivity index (χ1) is 8.84. The zero-order chi connectivity index (χ0) is 12.4. The lowest BCUT2D eigenvalue weighted by molar-refractivity contribution is 0.574. The van der Waals surface area contributed by atoms with Crippen LogP contribution in [0.2, 0.25) is 5.02 Å². The molecule has 0 atom stereocenters. The summed E-state index contributed by atoms with van der Waals surface area (Å²) in [6.07, 6.45) is 6.63. The highest BCUT2D eigenvalue weighted by molar-refractivity contribution is 6.31. The van der Waals surface area contributed by atoms with E-state index in [-0.39, 0.29) is 0 Å². The number of anilines is 1. The lowest BCUT2D eigenvalue weighted by Gasteiger charge is -2.31. The van der Waals surface area contributed by atoms with Crippen molar-refractivity contribution in [1.82, 2.24) is 5.32 Å². The second-order valence-corrected chi connectivity index (χ2v) is 5.85. The standard InChI is InChI=1S/C15H21ClN2/c16-14-5-4-6-15(18-9-2-1-3-10-18)13(14)11-17-12-7-8-12/h4-6,12,17H,1-3,7-11H2. The molecule has 0 unspecified atom stereocenters. The van der Waals surface area contributed by atoms with Gasteiger partial charge in [-0.15, -0.1) is 0 Å². The SMILES string of the molecule is Clc1cccc(N2CCCCC2)c1CNC1CC1. The average Bonchev–Trinajstić information content (AvgIpc) is 3.22. The highest BCUT2D eigenvalue weighted by atomic mass is 35.5. The second kappa shape index (κ2) is 5.50. The van der Waals surface area contributed by atoms with Gasteiger partial charge in [0.25, 0.3) is 0 Å². The van der Waals surface area contributed by atoms with E-state index in [0.29, 0.717) is 0 Å². The molecule has 2 fully saturated rings. The van der Waals surface area contributed by atoms with Crippen LogP contribution in [0.15, 0.2) is 18.2 Å². The van der Waals surface area contributed by atoms with Gasteiger partial charge in [0.15, 0.2) is 0 Å². The number of nitrogens with one attached hydrogen (secondary N) is 1. The Balaban J connectivity index is 1.79. The normalized spacial score (nSPS) is 20.2. The van der Waals surface area contributed by atoms with Gasteiger partial charge >= 0.3 is 0 Å². The predicted molar refractivity (Wildman–Crippen MR) is 77.4 cm³/mol. The van der Waals surface area contributed by atoms with Gasteiger partial charge in [-0.1, -0.05) is 17.7 Å². The maximum absolute atomic E-state index is 6.39. The smallest absolute Gasteiger partial charge is 0.0471 e. The molecule has 1 aliphatic carbocycles. The molecule has 1 heterocycles. The fourth-order valence-electron chi connectivity index (χ4n) is 2.69. The maximum Gasteiger partial charge on any atom is 0.0471 e. The van der Waals surface area contributed by atoms with E-state index in [1.165, 1.54) is 56.4 Å². The van der Waals surface area contributed by atoms with Gasteiger partial charge in [0.05, 0.1) is 0 Å². The van der Waals surface area contributed by atoms with E-state index in [1.54, 1.807) is 0 Å². The number of nitrogens with zero attached hydrogens (tertiary/aromatic N) is 1. The number of piperidine rings is 1. The van der Waals surface area contributed by atoms with Gasteiger partial charge in [0.2, 0.25) is 0 Å². The Morgan fingerprint density at radius 3 is 2.67 bits per heavy atom. The molecule has 1 aromatic rings. The third-order valence-corrected chi connectivity index (χ3v) is 4.29. The molecule has 0 amide bonds. The highest BCUT2D eigenvalue weighted by Crippen LogP contribution is 2.30. The Bertz CT molecular complexity index is 409. The molecule has 18 heavy (non-hydrogen) atoms. The first-order valence-corrected chi connectivity index (χ1v) is 7.48. The van der Waals surface area contributed by atoms with E-state index in [1.807, 2.05) is 6.07 Å². The Morgan fingerprint density at radius 1 is 1.17 bits per heavy atom. The number of hydrogen-bond acceptors (Lipinski definition) is 2. The number of benzene rings is 1. The lowest BCUT2D eigenvalue weighted by atomic mass is 10.1. The minimum Gasteiger partial charge on any atom is -0.371 e. The Labute approximate surface area is 114 Å². The number of halogens is 1. The van der Waals surface area contributed by atoms with Crippen molar-refractivity contribution < 1.29 is 0 Å². The highest BCUT2D eigenvalue weighted by Gasteiger charge is 2.22. The zero-order valence-corrected chi connectivity index (χ0v) is 11.5. The van der Waals surface area contributed by atoms with Crippen LogP contribution < -0.4 is 10.2 Å². The van der Waals surface area contributed by atoms with Crippen LogP contribution in [0.4, 0.5) is 5.69 Å². The van der Waals surface area contributed by atoms with Crippen molar-refractivity contribution in [2.24, 2.45) is 0 Å². The molecule has 0 bridgehead atoms. The monoisotopic (exact) mass is 264 g/mol. The van der Waals surface area contributed by atoms with Crippen molar-refractivity contribution in [2.75, 3.05) is 18.0 Å². The number of rotatable bonds is 4. The summed E-state index contributed by atoms with van der Waals surface area (Å²) in [6.45, 7) is 3.27. The molecule has 2 nitrogen and oxygen atoms in total. The molecule has 2 aliphatic rings. The van der Waals surface area contributed by atoms with E-state index in [4.69, 9.17) is 11.6 Å². The summed E-state index contributed by atoms with van der Waals surface area (Å²) in [5.74, 6) is 0. The second-order valence-electron chi connectivity index (χ2n) is 5.44. The van der Waals surface area contributed by atoms with Crippen LogP contribution in [0.25, 0.3) is 0 Å². The Kier molecular flexibility index (Phi) is 3.76. The molecule has 1 saturated heterocycles. The molecular weight excluding hydrogens is 244 g/mol. The molecule has 1 saturated carbocycles. The zero-order valence-electron chi connectivity index (χ0n) is 10.8. The largest absolute Gasteiger partial charge is 0.371 e. The van der Waals surface area contributed by atoms with Crippen LogP contribution in [0.5, 0.6) is 0 Å². The molecule has 1 aromatic carbocycles. The fourth-order valence-corrected chi connectivity index (χ4v) is 2.92. The molecule has 1 N–H and O–H groups in total. The van der Waals surface area contributed by atoms with E-state index < -0.39 is 0 Å². The fraction of sp³-hybridized carbons (Fsp3) is 0.600. The van der Waals surface area contributed by atoms with E-state index in [0.717, 1.165) is 17.6 Å². The summed E-state index contributed by atoms with van der Waals surface area (Å²) in [6, 6.07) is 7.04. The topological polar surface area (TPSA) is 15.3 Å². The van der Waals surface area contributed by atoms with Crippen molar-refractivity contribution in [2.45, 2.75) is 44.7 Å². The summed E-state index contributed by atoms with van der Waals surface area (Å²) in [5.41, 5.74) is 2.63. The molecule has 0 aromatic heterocycles. The molecule has 3 rings (SSSR count). The summed E-state index contributed by atoms with van der Waals surface area (Å²) in [4.78, 5) is 2.50. The first-order valence-electron chi connectivity index (χ1n) is 7.10. The third kappa shape index (κ3) is 2.81. The number of hydrogen-bond donors (Lipinski definition) is 1. The van der Waals surface area contributed by atoms with Gasteiger partial charge in [-0.2, -0.15) is 0 Å². The van der Waals surface area contributed by atoms with Crippen molar-refractivity contribution in [3.8, 4) is 0 Å². The Morgan fingerprint density at radius 2 is 1.94 bits per heavy atom. The molecular formula is C15H21ClN2. The lowest BCUT2D eigenvalue weighted by Crippen LogP contribution is -2.31. The van der Waals surface area contributed by atoms with Gasteiger partial charge < -0.3 is 10.2 Å². The third-order valence-electron chi connectivity index (χ3n) is 3.94.